The second kappa shape index (κ2) is 11.8. The van der Waals surface area contributed by atoms with Crippen molar-refractivity contribution in [2.45, 2.75) is 32.9 Å². The van der Waals surface area contributed by atoms with E-state index in [0.29, 0.717) is 12.6 Å². The Morgan fingerprint density at radius 3 is 2.68 bits per heavy atom. The van der Waals surface area contributed by atoms with Crippen LogP contribution in [0.15, 0.2) is 28.7 Å². The van der Waals surface area contributed by atoms with Crippen molar-refractivity contribution >= 4 is 52.6 Å². The number of thiophene rings is 1. The fourth-order valence-electron chi connectivity index (χ4n) is 2.28. The third kappa shape index (κ3) is 7.20. The van der Waals surface area contributed by atoms with Crippen LogP contribution in [0.5, 0.6) is 0 Å². The first kappa shape index (κ1) is 22.3. The van der Waals surface area contributed by atoms with Crippen molar-refractivity contribution in [2.75, 3.05) is 27.2 Å². The van der Waals surface area contributed by atoms with Crippen molar-refractivity contribution in [3.63, 3.8) is 0 Å². The second-order valence-corrected chi connectivity index (χ2v) is 7.82. The molecular formula is C17H28IN5S2. The molecule has 0 spiro atoms. The maximum absolute atomic E-state index is 4.67. The maximum atomic E-state index is 4.67. The molecule has 2 N–H and O–H groups in total. The molecule has 2 aromatic rings. The smallest absolute Gasteiger partial charge is 0.191 e. The lowest BCUT2D eigenvalue weighted by Crippen LogP contribution is -2.41. The Bertz CT molecular complexity index is 625. The van der Waals surface area contributed by atoms with Gasteiger partial charge in [-0.3, -0.25) is 0 Å². The Hall–Kier alpha value is -0.710. The first-order valence-electron chi connectivity index (χ1n) is 8.29. The molecule has 0 saturated carbocycles. The van der Waals surface area contributed by atoms with E-state index in [1.165, 1.54) is 9.75 Å². The van der Waals surface area contributed by atoms with E-state index in [1.807, 2.05) is 6.20 Å². The molecule has 140 valence electrons. The van der Waals surface area contributed by atoms with Crippen LogP contribution in [0.3, 0.4) is 0 Å². The van der Waals surface area contributed by atoms with Gasteiger partial charge in [-0.1, -0.05) is 13.0 Å². The minimum Gasteiger partial charge on any atom is -0.357 e. The number of hydrogen-bond donors (Lipinski definition) is 2. The largest absolute Gasteiger partial charge is 0.357 e. The van der Waals surface area contributed by atoms with Gasteiger partial charge in [0, 0.05) is 29.0 Å². The minimum atomic E-state index is 0. The Morgan fingerprint density at radius 2 is 2.12 bits per heavy atom. The van der Waals surface area contributed by atoms with Crippen LogP contribution in [0.4, 0.5) is 0 Å². The Labute approximate surface area is 176 Å². The van der Waals surface area contributed by atoms with Crippen molar-refractivity contribution < 1.29 is 0 Å². The van der Waals surface area contributed by atoms with Gasteiger partial charge in [-0.25, -0.2) is 9.98 Å². The van der Waals surface area contributed by atoms with Gasteiger partial charge in [-0.05, 0) is 38.9 Å². The number of rotatable bonds is 8. The Kier molecular flexibility index (Phi) is 10.6. The number of hydrogen-bond acceptors (Lipinski definition) is 5. The van der Waals surface area contributed by atoms with Crippen LogP contribution in [-0.4, -0.2) is 43.0 Å². The number of aryl methyl sites for hydroxylation is 1. The number of nitrogens with zero attached hydrogens (tertiary/aromatic N) is 3. The molecule has 0 bridgehead atoms. The molecule has 2 heterocycles. The summed E-state index contributed by atoms with van der Waals surface area (Å²) in [7, 11) is 4.22. The fourth-order valence-corrected chi connectivity index (χ4v) is 3.99. The van der Waals surface area contributed by atoms with Crippen LogP contribution in [0, 0.1) is 0 Å². The summed E-state index contributed by atoms with van der Waals surface area (Å²) in [6, 6.07) is 4.62. The fraction of sp³-hybridized carbons (Fsp3) is 0.529. The quantitative estimate of drug-likeness (QED) is 0.334. The topological polar surface area (TPSA) is 52.6 Å². The SMILES string of the molecule is CCNC(=NCc1ncc(CC)s1)NCC(c1cccs1)N(C)C.I. The summed E-state index contributed by atoms with van der Waals surface area (Å²) in [6.07, 6.45) is 2.99. The summed E-state index contributed by atoms with van der Waals surface area (Å²) >= 11 is 3.53. The zero-order valence-corrected chi connectivity index (χ0v) is 19.2. The number of guanidine groups is 1. The van der Waals surface area contributed by atoms with Crippen molar-refractivity contribution in [2.24, 2.45) is 4.99 Å². The van der Waals surface area contributed by atoms with Crippen molar-refractivity contribution in [3.8, 4) is 0 Å². The molecule has 2 rings (SSSR count). The summed E-state index contributed by atoms with van der Waals surface area (Å²) in [5.74, 6) is 0.842. The van der Waals surface area contributed by atoms with Gasteiger partial charge in [0.25, 0.3) is 0 Å². The molecule has 1 atom stereocenters. The van der Waals surface area contributed by atoms with Crippen molar-refractivity contribution in [1.29, 1.82) is 0 Å². The molecule has 0 radical (unpaired) electrons. The lowest BCUT2D eigenvalue weighted by atomic mass is 10.2. The average molecular weight is 493 g/mol. The zero-order chi connectivity index (χ0) is 17.4. The van der Waals surface area contributed by atoms with Gasteiger partial charge in [-0.2, -0.15) is 0 Å². The Balaban J connectivity index is 0.00000312. The predicted octanol–water partition coefficient (Wildman–Crippen LogP) is 3.74. The Morgan fingerprint density at radius 1 is 1.32 bits per heavy atom. The van der Waals surface area contributed by atoms with Gasteiger partial charge in [0.2, 0.25) is 0 Å². The normalized spacial score (nSPS) is 12.8. The van der Waals surface area contributed by atoms with E-state index in [0.717, 1.165) is 30.5 Å². The van der Waals surface area contributed by atoms with E-state index in [2.05, 4.69) is 71.0 Å². The lowest BCUT2D eigenvalue weighted by molar-refractivity contribution is 0.302. The summed E-state index contributed by atoms with van der Waals surface area (Å²) in [4.78, 5) is 14.0. The van der Waals surface area contributed by atoms with Gasteiger partial charge in [0.15, 0.2) is 5.96 Å². The highest BCUT2D eigenvalue weighted by Gasteiger charge is 2.15. The first-order valence-corrected chi connectivity index (χ1v) is 9.99. The van der Waals surface area contributed by atoms with Crippen LogP contribution >= 0.6 is 46.7 Å². The third-order valence-electron chi connectivity index (χ3n) is 3.62. The van der Waals surface area contributed by atoms with Gasteiger partial charge in [-0.15, -0.1) is 46.7 Å². The zero-order valence-electron chi connectivity index (χ0n) is 15.3. The molecule has 0 aliphatic carbocycles. The number of aliphatic imine (C=N–C) groups is 1. The number of thiazole rings is 1. The molecule has 5 nitrogen and oxygen atoms in total. The molecule has 2 aromatic heterocycles. The number of aromatic nitrogens is 1. The maximum Gasteiger partial charge on any atom is 0.191 e. The average Bonchev–Trinajstić information content (AvgIpc) is 3.24. The van der Waals surface area contributed by atoms with Crippen LogP contribution < -0.4 is 10.6 Å². The number of nitrogens with one attached hydrogen (secondary N) is 2. The number of likely N-dealkylation sites (N-methyl/N-ethyl adjacent to an activating group) is 1. The van der Waals surface area contributed by atoms with E-state index >= 15 is 0 Å². The molecule has 0 fully saturated rings. The molecule has 0 amide bonds. The van der Waals surface area contributed by atoms with Crippen LogP contribution in [0.25, 0.3) is 0 Å². The van der Waals surface area contributed by atoms with Crippen molar-refractivity contribution in [3.05, 3.63) is 38.5 Å². The summed E-state index contributed by atoms with van der Waals surface area (Å²) in [5, 5.41) is 9.96. The van der Waals surface area contributed by atoms with E-state index in [9.17, 15) is 0 Å². The van der Waals surface area contributed by atoms with Crippen molar-refractivity contribution in [1.82, 2.24) is 20.5 Å². The predicted molar refractivity (Wildman–Crippen MR) is 120 cm³/mol. The van der Waals surface area contributed by atoms with Crippen LogP contribution in [0.2, 0.25) is 0 Å². The van der Waals surface area contributed by atoms with E-state index in [4.69, 9.17) is 0 Å². The summed E-state index contributed by atoms with van der Waals surface area (Å²) in [5.41, 5.74) is 0. The third-order valence-corrected chi connectivity index (χ3v) is 5.72. The molecule has 0 aliphatic heterocycles. The lowest BCUT2D eigenvalue weighted by Gasteiger charge is -2.24. The van der Waals surface area contributed by atoms with Gasteiger partial charge in [0.05, 0.1) is 12.6 Å². The molecule has 1 unspecified atom stereocenters. The van der Waals surface area contributed by atoms with E-state index in [-0.39, 0.29) is 24.0 Å². The molecule has 8 heteroatoms. The monoisotopic (exact) mass is 493 g/mol. The molecule has 0 aromatic carbocycles. The highest BCUT2D eigenvalue weighted by atomic mass is 127. The molecule has 0 saturated heterocycles. The van der Waals surface area contributed by atoms with Crippen LogP contribution in [0.1, 0.15) is 34.7 Å². The molecule has 25 heavy (non-hydrogen) atoms. The van der Waals surface area contributed by atoms with Gasteiger partial charge < -0.3 is 15.5 Å². The summed E-state index contributed by atoms with van der Waals surface area (Å²) < 4.78 is 0. The number of halogens is 1. The first-order chi connectivity index (χ1) is 11.6. The second-order valence-electron chi connectivity index (χ2n) is 5.64. The molecular weight excluding hydrogens is 465 g/mol. The summed E-state index contributed by atoms with van der Waals surface area (Å²) in [6.45, 7) is 6.51. The van der Waals surface area contributed by atoms with Crippen LogP contribution in [-0.2, 0) is 13.0 Å². The van der Waals surface area contributed by atoms with E-state index < -0.39 is 0 Å². The van der Waals surface area contributed by atoms with Gasteiger partial charge >= 0.3 is 0 Å². The highest BCUT2D eigenvalue weighted by Crippen LogP contribution is 2.22. The van der Waals surface area contributed by atoms with Gasteiger partial charge in [0.1, 0.15) is 5.01 Å². The van der Waals surface area contributed by atoms with E-state index in [1.54, 1.807) is 22.7 Å². The minimum absolute atomic E-state index is 0. The highest BCUT2D eigenvalue weighted by molar-refractivity contribution is 14.0. The molecule has 0 aliphatic rings. The standard InChI is InChI=1S/C17H27N5S2.HI/c1-5-13-10-19-16(24-13)12-21-17(18-6-2)20-11-14(22(3)4)15-8-7-9-23-15;/h7-10,14H,5-6,11-12H2,1-4H3,(H2,18,20,21);1H.